The first-order valence-electron chi connectivity index (χ1n) is 11.8. The van der Waals surface area contributed by atoms with Crippen molar-refractivity contribution in [3.8, 4) is 0 Å². The number of imidazole rings is 1. The van der Waals surface area contributed by atoms with Gasteiger partial charge in [0.05, 0.1) is 12.4 Å². The van der Waals surface area contributed by atoms with Crippen LogP contribution in [-0.2, 0) is 11.3 Å². The number of fused-ring (bicyclic) bond motifs is 1. The van der Waals surface area contributed by atoms with Crippen molar-refractivity contribution in [2.24, 2.45) is 0 Å². The number of nitrogens with two attached hydrogens (primary N) is 1. The minimum atomic E-state index is -0.160. The first kappa shape index (κ1) is 23.9. The molecule has 2 aromatic heterocycles. The van der Waals surface area contributed by atoms with Gasteiger partial charge in [0.1, 0.15) is 18.1 Å². The lowest BCUT2D eigenvalue weighted by Crippen LogP contribution is -2.40. The van der Waals surface area contributed by atoms with Crippen LogP contribution in [0.15, 0.2) is 36.9 Å². The second-order valence-corrected chi connectivity index (χ2v) is 9.14. The number of nitrogens with one attached hydrogen (secondary N) is 2. The zero-order chi connectivity index (χ0) is 24.1. The van der Waals surface area contributed by atoms with Gasteiger partial charge in [-0.25, -0.2) is 19.7 Å². The number of ether oxygens (including phenoxy) is 1. The van der Waals surface area contributed by atoms with Crippen molar-refractivity contribution < 1.29 is 9.53 Å². The lowest BCUT2D eigenvalue weighted by molar-refractivity contribution is -0.00821. The van der Waals surface area contributed by atoms with Crippen molar-refractivity contribution in [1.29, 1.82) is 0 Å². The summed E-state index contributed by atoms with van der Waals surface area (Å²) < 4.78 is 8.17. The SMILES string of the molecule is CC(C)c1ccc(CNC(=O)NCCN(C)CC2CCC(n3cnc4c(N)ncnc43)O2)cc1. The molecule has 0 radical (unpaired) electrons. The van der Waals surface area contributed by atoms with E-state index in [2.05, 4.69) is 68.6 Å². The Balaban J connectivity index is 1.15. The number of carbonyl (C=O) groups excluding carboxylic acids is 1. The first-order valence-corrected chi connectivity index (χ1v) is 11.8. The number of nitrogens with zero attached hydrogens (tertiary/aromatic N) is 5. The Morgan fingerprint density at radius 1 is 1.21 bits per heavy atom. The third-order valence-electron chi connectivity index (χ3n) is 6.18. The number of benzene rings is 1. The smallest absolute Gasteiger partial charge is 0.315 e. The minimum Gasteiger partial charge on any atom is -0.382 e. The molecule has 4 N–H and O–H groups in total. The molecule has 1 aromatic carbocycles. The molecule has 1 aliphatic heterocycles. The number of carbonyl (C=O) groups is 1. The quantitative estimate of drug-likeness (QED) is 0.443. The number of nitrogen functional groups attached to an aromatic ring is 1. The number of amides is 2. The predicted octanol–water partition coefficient (Wildman–Crippen LogP) is 2.64. The summed E-state index contributed by atoms with van der Waals surface area (Å²) in [5, 5.41) is 5.84. The molecule has 0 aliphatic carbocycles. The van der Waals surface area contributed by atoms with Gasteiger partial charge < -0.3 is 26.0 Å². The van der Waals surface area contributed by atoms with E-state index in [0.29, 0.717) is 36.0 Å². The fraction of sp³-hybridized carbons (Fsp3) is 0.500. The normalized spacial score (nSPS) is 18.1. The lowest BCUT2D eigenvalue weighted by Gasteiger charge is -2.22. The number of hydrogen-bond acceptors (Lipinski definition) is 7. The highest BCUT2D eigenvalue weighted by Gasteiger charge is 2.29. The first-order chi connectivity index (χ1) is 16.4. The van der Waals surface area contributed by atoms with E-state index < -0.39 is 0 Å². The Morgan fingerprint density at radius 3 is 2.76 bits per heavy atom. The van der Waals surface area contributed by atoms with Gasteiger partial charge in [0.2, 0.25) is 0 Å². The van der Waals surface area contributed by atoms with Crippen molar-refractivity contribution >= 4 is 23.0 Å². The Kier molecular flexibility index (Phi) is 7.59. The summed E-state index contributed by atoms with van der Waals surface area (Å²) in [6, 6.07) is 8.19. The van der Waals surface area contributed by atoms with E-state index in [1.807, 2.05) is 11.6 Å². The van der Waals surface area contributed by atoms with Crippen LogP contribution in [0.1, 0.15) is 50.0 Å². The molecular formula is C24H34N8O2. The van der Waals surface area contributed by atoms with E-state index in [1.54, 1.807) is 6.33 Å². The van der Waals surface area contributed by atoms with Crippen LogP contribution < -0.4 is 16.4 Å². The molecule has 3 heterocycles. The molecule has 1 saturated heterocycles. The molecule has 2 unspecified atom stereocenters. The Bertz CT molecular complexity index is 1100. The molecule has 4 rings (SSSR count). The van der Waals surface area contributed by atoms with E-state index in [0.717, 1.165) is 31.5 Å². The minimum absolute atomic E-state index is 0.106. The van der Waals surface area contributed by atoms with Crippen LogP contribution in [0.2, 0.25) is 0 Å². The molecule has 0 saturated carbocycles. The molecular weight excluding hydrogens is 432 g/mol. The standard InChI is InChI=1S/C24H34N8O2/c1-16(2)18-6-4-17(5-7-18)12-27-24(33)26-10-11-31(3)13-19-8-9-20(34-19)32-15-30-21-22(25)28-14-29-23(21)32/h4-7,14-16,19-20H,8-13H2,1-3H3,(H2,25,28,29)(H2,26,27,33). The number of likely N-dealkylation sites (N-methyl/N-ethyl adjacent to an activating group) is 1. The summed E-state index contributed by atoms with van der Waals surface area (Å²) in [5.41, 5.74) is 9.56. The number of urea groups is 1. The highest BCUT2D eigenvalue weighted by atomic mass is 16.5. The Hall–Kier alpha value is -3.24. The van der Waals surface area contributed by atoms with Gasteiger partial charge in [-0.1, -0.05) is 38.1 Å². The van der Waals surface area contributed by atoms with Gasteiger partial charge in [-0.05, 0) is 36.9 Å². The van der Waals surface area contributed by atoms with Crippen LogP contribution in [-0.4, -0.2) is 63.2 Å². The Morgan fingerprint density at radius 2 is 2.00 bits per heavy atom. The number of anilines is 1. The van der Waals surface area contributed by atoms with Crippen LogP contribution in [0.3, 0.4) is 0 Å². The fourth-order valence-electron chi connectivity index (χ4n) is 4.17. The van der Waals surface area contributed by atoms with Gasteiger partial charge in [0, 0.05) is 26.2 Å². The molecule has 1 fully saturated rings. The molecule has 3 aromatic rings. The molecule has 2 amide bonds. The third kappa shape index (κ3) is 5.81. The number of aromatic nitrogens is 4. The summed E-state index contributed by atoms with van der Waals surface area (Å²) >= 11 is 0. The van der Waals surface area contributed by atoms with Crippen LogP contribution in [0.5, 0.6) is 0 Å². The molecule has 34 heavy (non-hydrogen) atoms. The van der Waals surface area contributed by atoms with Gasteiger partial charge in [0.25, 0.3) is 0 Å². The maximum Gasteiger partial charge on any atom is 0.315 e. The topological polar surface area (TPSA) is 123 Å². The molecule has 10 heteroatoms. The molecule has 0 spiro atoms. The Labute approximate surface area is 199 Å². The van der Waals surface area contributed by atoms with Crippen molar-refractivity contribution in [1.82, 2.24) is 35.1 Å². The summed E-state index contributed by atoms with van der Waals surface area (Å²) in [5.74, 6) is 0.876. The van der Waals surface area contributed by atoms with E-state index in [1.165, 1.54) is 11.9 Å². The predicted molar refractivity (Wildman–Crippen MR) is 131 cm³/mol. The zero-order valence-electron chi connectivity index (χ0n) is 20.1. The maximum atomic E-state index is 12.1. The van der Waals surface area contributed by atoms with E-state index >= 15 is 0 Å². The summed E-state index contributed by atoms with van der Waals surface area (Å²) in [4.78, 5) is 26.9. The molecule has 2 atom stereocenters. The highest BCUT2D eigenvalue weighted by Crippen LogP contribution is 2.31. The van der Waals surface area contributed by atoms with E-state index in [9.17, 15) is 4.79 Å². The van der Waals surface area contributed by atoms with Crippen molar-refractivity contribution in [2.45, 2.75) is 51.5 Å². The zero-order valence-corrected chi connectivity index (χ0v) is 20.1. The van der Waals surface area contributed by atoms with E-state index in [-0.39, 0.29) is 18.4 Å². The van der Waals surface area contributed by atoms with Gasteiger partial charge >= 0.3 is 6.03 Å². The summed E-state index contributed by atoms with van der Waals surface area (Å²) in [7, 11) is 2.03. The van der Waals surface area contributed by atoms with Gasteiger partial charge in [-0.2, -0.15) is 0 Å². The van der Waals surface area contributed by atoms with Crippen molar-refractivity contribution in [2.75, 3.05) is 32.4 Å². The van der Waals surface area contributed by atoms with E-state index in [4.69, 9.17) is 10.5 Å². The monoisotopic (exact) mass is 466 g/mol. The third-order valence-corrected chi connectivity index (χ3v) is 6.18. The highest BCUT2D eigenvalue weighted by molar-refractivity contribution is 5.81. The number of rotatable bonds is 9. The second-order valence-electron chi connectivity index (χ2n) is 9.14. The molecule has 10 nitrogen and oxygen atoms in total. The number of hydrogen-bond donors (Lipinski definition) is 3. The second kappa shape index (κ2) is 10.8. The summed E-state index contributed by atoms with van der Waals surface area (Å²) in [6.45, 7) is 6.93. The van der Waals surface area contributed by atoms with Crippen LogP contribution in [0.25, 0.3) is 11.2 Å². The largest absolute Gasteiger partial charge is 0.382 e. The molecule has 182 valence electrons. The van der Waals surface area contributed by atoms with Gasteiger partial charge in [-0.3, -0.25) is 4.57 Å². The van der Waals surface area contributed by atoms with Crippen LogP contribution in [0.4, 0.5) is 10.6 Å². The average Bonchev–Trinajstić information content (AvgIpc) is 3.45. The fourth-order valence-corrected chi connectivity index (χ4v) is 4.17. The molecule has 0 bridgehead atoms. The van der Waals surface area contributed by atoms with Crippen molar-refractivity contribution in [3.63, 3.8) is 0 Å². The summed E-state index contributed by atoms with van der Waals surface area (Å²) in [6.07, 6.45) is 4.98. The average molecular weight is 467 g/mol. The van der Waals surface area contributed by atoms with Gasteiger partial charge in [-0.15, -0.1) is 0 Å². The lowest BCUT2D eigenvalue weighted by atomic mass is 10.0. The maximum absolute atomic E-state index is 12.1. The van der Waals surface area contributed by atoms with Gasteiger partial charge in [0.15, 0.2) is 11.5 Å². The van der Waals surface area contributed by atoms with Crippen molar-refractivity contribution in [3.05, 3.63) is 48.0 Å². The molecule has 1 aliphatic rings. The van der Waals surface area contributed by atoms with Crippen LogP contribution in [0, 0.1) is 0 Å². The van der Waals surface area contributed by atoms with Crippen LogP contribution >= 0.6 is 0 Å².